The number of H-pyrrole nitrogens is 1. The summed E-state index contributed by atoms with van der Waals surface area (Å²) in [5.41, 5.74) is 1.65. The molecule has 1 unspecified atom stereocenters. The molecule has 1 atom stereocenters. The van der Waals surface area contributed by atoms with Crippen LogP contribution in [-0.4, -0.2) is 46.4 Å². The number of ketones is 1. The lowest BCUT2D eigenvalue weighted by Crippen LogP contribution is -2.35. The number of aromatic nitrogens is 1. The van der Waals surface area contributed by atoms with Gasteiger partial charge in [0.2, 0.25) is 0 Å². The minimum absolute atomic E-state index is 0.0808. The van der Waals surface area contributed by atoms with Crippen molar-refractivity contribution in [2.24, 2.45) is 5.92 Å². The van der Waals surface area contributed by atoms with E-state index in [9.17, 15) is 14.7 Å². The molecule has 3 rings (SSSR count). The Bertz CT molecular complexity index is 688. The first-order valence-electron chi connectivity index (χ1n) is 7.77. The number of carbonyl (C=O) groups excluding carboxylic acids is 2. The molecule has 1 aliphatic carbocycles. The van der Waals surface area contributed by atoms with Crippen LogP contribution in [0.3, 0.4) is 0 Å². The van der Waals surface area contributed by atoms with Gasteiger partial charge in [-0.25, -0.2) is 0 Å². The van der Waals surface area contributed by atoms with E-state index >= 15 is 0 Å². The van der Waals surface area contributed by atoms with Crippen LogP contribution in [0.25, 0.3) is 0 Å². The van der Waals surface area contributed by atoms with Crippen molar-refractivity contribution in [1.82, 2.24) is 9.88 Å². The second kappa shape index (κ2) is 6.38. The van der Waals surface area contributed by atoms with Crippen molar-refractivity contribution in [3.8, 4) is 0 Å². The molecule has 23 heavy (non-hydrogen) atoms. The molecule has 1 aromatic carbocycles. The molecule has 5 heteroatoms. The molecule has 1 amide bonds. The van der Waals surface area contributed by atoms with Crippen LogP contribution in [0.4, 0.5) is 0 Å². The van der Waals surface area contributed by atoms with Crippen LogP contribution < -0.4 is 0 Å². The monoisotopic (exact) mass is 312 g/mol. The Morgan fingerprint density at radius 2 is 1.83 bits per heavy atom. The number of aliphatic hydroxyl groups is 1. The quantitative estimate of drug-likeness (QED) is 0.802. The molecular weight excluding hydrogens is 292 g/mol. The van der Waals surface area contributed by atoms with Gasteiger partial charge in [0, 0.05) is 42.7 Å². The summed E-state index contributed by atoms with van der Waals surface area (Å²) in [6.45, 7) is 0.341. The maximum absolute atomic E-state index is 12.4. The SMILES string of the molecule is CN(CC(O)C1CC1)C(=O)c1ccc(C(=O)c2cc[nH]c2)cc1. The van der Waals surface area contributed by atoms with E-state index in [-0.39, 0.29) is 11.7 Å². The number of benzene rings is 1. The number of hydrogen-bond donors (Lipinski definition) is 2. The summed E-state index contributed by atoms with van der Waals surface area (Å²) < 4.78 is 0. The Labute approximate surface area is 134 Å². The molecule has 1 fully saturated rings. The molecule has 0 spiro atoms. The lowest BCUT2D eigenvalue weighted by molar-refractivity contribution is 0.0645. The maximum Gasteiger partial charge on any atom is 0.253 e. The third-order valence-electron chi connectivity index (χ3n) is 4.23. The molecule has 2 aromatic rings. The van der Waals surface area contributed by atoms with E-state index in [0.29, 0.717) is 29.2 Å². The van der Waals surface area contributed by atoms with Gasteiger partial charge in [0.05, 0.1) is 6.10 Å². The molecular formula is C18H20N2O3. The number of carbonyl (C=O) groups is 2. The van der Waals surface area contributed by atoms with Crippen LogP contribution in [0.5, 0.6) is 0 Å². The van der Waals surface area contributed by atoms with E-state index in [1.807, 2.05) is 0 Å². The second-order valence-corrected chi connectivity index (χ2v) is 6.10. The molecule has 1 saturated carbocycles. The van der Waals surface area contributed by atoms with E-state index in [4.69, 9.17) is 0 Å². The highest BCUT2D eigenvalue weighted by Gasteiger charge is 2.31. The van der Waals surface area contributed by atoms with Gasteiger partial charge in [-0.05, 0) is 37.0 Å². The zero-order valence-corrected chi connectivity index (χ0v) is 13.0. The van der Waals surface area contributed by atoms with Crippen molar-refractivity contribution < 1.29 is 14.7 Å². The Hall–Kier alpha value is -2.40. The summed E-state index contributed by atoms with van der Waals surface area (Å²) in [7, 11) is 1.69. The predicted octanol–water partition coefficient (Wildman–Crippen LogP) is 2.09. The first kappa shape index (κ1) is 15.5. The average Bonchev–Trinajstić information content (AvgIpc) is 3.28. The van der Waals surface area contributed by atoms with Gasteiger partial charge in [-0.15, -0.1) is 0 Å². The Balaban J connectivity index is 1.66. The molecule has 0 bridgehead atoms. The van der Waals surface area contributed by atoms with Crippen LogP contribution in [0, 0.1) is 5.92 Å². The Morgan fingerprint density at radius 1 is 1.17 bits per heavy atom. The summed E-state index contributed by atoms with van der Waals surface area (Å²) >= 11 is 0. The van der Waals surface area contributed by atoms with E-state index in [2.05, 4.69) is 4.98 Å². The maximum atomic E-state index is 12.4. The highest BCUT2D eigenvalue weighted by atomic mass is 16.3. The second-order valence-electron chi connectivity index (χ2n) is 6.10. The van der Waals surface area contributed by atoms with Gasteiger partial charge in [-0.3, -0.25) is 9.59 Å². The number of aliphatic hydroxyl groups excluding tert-OH is 1. The van der Waals surface area contributed by atoms with Gasteiger partial charge in [-0.2, -0.15) is 0 Å². The fraction of sp³-hybridized carbons (Fsp3) is 0.333. The smallest absolute Gasteiger partial charge is 0.253 e. The summed E-state index contributed by atoms with van der Waals surface area (Å²) in [5.74, 6) is 0.111. The normalized spacial score (nSPS) is 15.2. The van der Waals surface area contributed by atoms with Crippen molar-refractivity contribution in [3.05, 3.63) is 59.4 Å². The Morgan fingerprint density at radius 3 is 2.39 bits per heavy atom. The highest BCUT2D eigenvalue weighted by Crippen LogP contribution is 2.32. The fourth-order valence-electron chi connectivity index (χ4n) is 2.61. The molecule has 2 N–H and O–H groups in total. The highest BCUT2D eigenvalue weighted by molar-refractivity contribution is 6.09. The predicted molar refractivity (Wildman–Crippen MR) is 86.4 cm³/mol. The number of amides is 1. The van der Waals surface area contributed by atoms with Crippen molar-refractivity contribution >= 4 is 11.7 Å². The Kier molecular flexibility index (Phi) is 4.30. The van der Waals surface area contributed by atoms with E-state index in [1.165, 1.54) is 4.90 Å². The van der Waals surface area contributed by atoms with Crippen LogP contribution in [-0.2, 0) is 0 Å². The van der Waals surface area contributed by atoms with Gasteiger partial charge in [0.15, 0.2) is 5.78 Å². The number of likely N-dealkylation sites (N-methyl/N-ethyl adjacent to an activating group) is 1. The fourth-order valence-corrected chi connectivity index (χ4v) is 2.61. The van der Waals surface area contributed by atoms with Gasteiger partial charge < -0.3 is 15.0 Å². The van der Waals surface area contributed by atoms with Crippen molar-refractivity contribution in [3.63, 3.8) is 0 Å². The number of nitrogens with zero attached hydrogens (tertiary/aromatic N) is 1. The molecule has 0 radical (unpaired) electrons. The molecule has 5 nitrogen and oxygen atoms in total. The van der Waals surface area contributed by atoms with Crippen LogP contribution in [0.2, 0.25) is 0 Å². The summed E-state index contributed by atoms with van der Waals surface area (Å²) in [6, 6.07) is 8.35. The van der Waals surface area contributed by atoms with E-state index in [1.54, 1.807) is 49.8 Å². The summed E-state index contributed by atoms with van der Waals surface area (Å²) in [6.07, 6.45) is 4.98. The third kappa shape index (κ3) is 3.51. The lowest BCUT2D eigenvalue weighted by Gasteiger charge is -2.20. The third-order valence-corrected chi connectivity index (χ3v) is 4.23. The first-order valence-corrected chi connectivity index (χ1v) is 7.77. The number of aromatic amines is 1. The molecule has 120 valence electrons. The number of nitrogens with one attached hydrogen (secondary N) is 1. The average molecular weight is 312 g/mol. The van der Waals surface area contributed by atoms with Crippen molar-refractivity contribution in [2.75, 3.05) is 13.6 Å². The number of rotatable bonds is 6. The zero-order chi connectivity index (χ0) is 16.4. The van der Waals surface area contributed by atoms with Crippen molar-refractivity contribution in [1.29, 1.82) is 0 Å². The molecule has 1 aromatic heterocycles. The van der Waals surface area contributed by atoms with Gasteiger partial charge >= 0.3 is 0 Å². The van der Waals surface area contributed by atoms with Crippen LogP contribution in [0.1, 0.15) is 39.1 Å². The van der Waals surface area contributed by atoms with Gasteiger partial charge in [-0.1, -0.05) is 12.1 Å². The first-order chi connectivity index (χ1) is 11.1. The minimum Gasteiger partial charge on any atom is -0.391 e. The molecule has 1 aliphatic rings. The standard InChI is InChI=1S/C18H20N2O3/c1-20(11-16(21)12-2-3-12)18(23)14-6-4-13(5-7-14)17(22)15-8-9-19-10-15/h4-10,12,16,19,21H,2-3,11H2,1H3. The molecule has 0 saturated heterocycles. The summed E-state index contributed by atoms with van der Waals surface area (Å²) in [5, 5.41) is 9.94. The van der Waals surface area contributed by atoms with E-state index < -0.39 is 6.10 Å². The number of hydrogen-bond acceptors (Lipinski definition) is 3. The summed E-state index contributed by atoms with van der Waals surface area (Å²) in [4.78, 5) is 28.9. The van der Waals surface area contributed by atoms with Crippen molar-refractivity contribution in [2.45, 2.75) is 18.9 Å². The molecule has 1 heterocycles. The van der Waals surface area contributed by atoms with Gasteiger partial charge in [0.25, 0.3) is 5.91 Å². The topological polar surface area (TPSA) is 73.4 Å². The van der Waals surface area contributed by atoms with E-state index in [0.717, 1.165) is 12.8 Å². The lowest BCUT2D eigenvalue weighted by atomic mass is 10.0. The minimum atomic E-state index is -0.446. The van der Waals surface area contributed by atoms with Gasteiger partial charge in [0.1, 0.15) is 0 Å². The van der Waals surface area contributed by atoms with Crippen LogP contribution in [0.15, 0.2) is 42.7 Å². The molecule has 0 aliphatic heterocycles. The largest absolute Gasteiger partial charge is 0.391 e. The zero-order valence-electron chi connectivity index (χ0n) is 13.0. The van der Waals surface area contributed by atoms with Crippen LogP contribution >= 0.6 is 0 Å².